The van der Waals surface area contributed by atoms with Crippen LogP contribution in [0.25, 0.3) is 0 Å². The Morgan fingerprint density at radius 3 is 2.83 bits per heavy atom. The summed E-state index contributed by atoms with van der Waals surface area (Å²) in [6, 6.07) is 7.54. The summed E-state index contributed by atoms with van der Waals surface area (Å²) in [5.41, 5.74) is 1.01. The quantitative estimate of drug-likeness (QED) is 0.879. The van der Waals surface area contributed by atoms with Crippen LogP contribution >= 0.6 is 11.6 Å². The van der Waals surface area contributed by atoms with Crippen molar-refractivity contribution >= 4 is 17.6 Å². The van der Waals surface area contributed by atoms with E-state index in [9.17, 15) is 4.79 Å². The third kappa shape index (κ3) is 3.27. The average Bonchev–Trinajstić information content (AvgIpc) is 2.75. The van der Waals surface area contributed by atoms with Gasteiger partial charge in [0, 0.05) is 11.4 Å². The van der Waals surface area contributed by atoms with Crippen molar-refractivity contribution in [1.29, 1.82) is 0 Å². The molecule has 1 aromatic carbocycles. The molecule has 0 spiro atoms. The van der Waals surface area contributed by atoms with Crippen LogP contribution in [-0.4, -0.2) is 31.3 Å². The molecule has 0 radical (unpaired) electrons. The van der Waals surface area contributed by atoms with Crippen LogP contribution in [0.4, 0.5) is 0 Å². The molecule has 1 heterocycles. The van der Waals surface area contributed by atoms with Crippen molar-refractivity contribution in [3.63, 3.8) is 0 Å². The first-order chi connectivity index (χ1) is 8.65. The fourth-order valence-electron chi connectivity index (χ4n) is 1.51. The SMILES string of the molecule is O=C(O)Cn1nnc(CCc2ccccc2Cl)n1. The number of aryl methyl sites for hydroxylation is 2. The molecule has 6 nitrogen and oxygen atoms in total. The Morgan fingerprint density at radius 2 is 2.11 bits per heavy atom. The van der Waals surface area contributed by atoms with Gasteiger partial charge in [0.15, 0.2) is 12.4 Å². The fraction of sp³-hybridized carbons (Fsp3) is 0.273. The van der Waals surface area contributed by atoms with Gasteiger partial charge in [-0.15, -0.1) is 10.2 Å². The highest BCUT2D eigenvalue weighted by Gasteiger charge is 2.07. The van der Waals surface area contributed by atoms with E-state index in [1.165, 1.54) is 0 Å². The summed E-state index contributed by atoms with van der Waals surface area (Å²) in [4.78, 5) is 11.5. The summed E-state index contributed by atoms with van der Waals surface area (Å²) in [5, 5.41) is 20.7. The Balaban J connectivity index is 1.96. The molecule has 0 atom stereocenters. The van der Waals surface area contributed by atoms with Gasteiger partial charge in [-0.05, 0) is 23.3 Å². The van der Waals surface area contributed by atoms with Gasteiger partial charge in [0.2, 0.25) is 0 Å². The monoisotopic (exact) mass is 266 g/mol. The first-order valence-electron chi connectivity index (χ1n) is 5.37. The predicted octanol–water partition coefficient (Wildman–Crippen LogP) is 1.20. The van der Waals surface area contributed by atoms with Crippen molar-refractivity contribution in [2.24, 2.45) is 0 Å². The lowest BCUT2D eigenvalue weighted by atomic mass is 10.1. The van der Waals surface area contributed by atoms with Crippen molar-refractivity contribution in [1.82, 2.24) is 20.2 Å². The van der Waals surface area contributed by atoms with Crippen LogP contribution in [0.3, 0.4) is 0 Å². The Morgan fingerprint density at radius 1 is 1.33 bits per heavy atom. The van der Waals surface area contributed by atoms with Crippen LogP contribution in [0, 0.1) is 0 Å². The number of halogens is 1. The van der Waals surface area contributed by atoms with Crippen molar-refractivity contribution in [2.45, 2.75) is 19.4 Å². The molecule has 0 aliphatic carbocycles. The number of hydrogen-bond acceptors (Lipinski definition) is 4. The average molecular weight is 267 g/mol. The zero-order valence-corrected chi connectivity index (χ0v) is 10.2. The zero-order valence-electron chi connectivity index (χ0n) is 9.45. The number of aliphatic carboxylic acids is 1. The van der Waals surface area contributed by atoms with Gasteiger partial charge in [0.25, 0.3) is 0 Å². The lowest BCUT2D eigenvalue weighted by molar-refractivity contribution is -0.138. The molecular formula is C11H11ClN4O2. The van der Waals surface area contributed by atoms with E-state index < -0.39 is 5.97 Å². The number of nitrogens with zero attached hydrogens (tertiary/aromatic N) is 4. The molecular weight excluding hydrogens is 256 g/mol. The molecule has 2 rings (SSSR count). The normalized spacial score (nSPS) is 10.5. The van der Waals surface area contributed by atoms with Crippen molar-refractivity contribution in [2.75, 3.05) is 0 Å². The van der Waals surface area contributed by atoms with Gasteiger partial charge in [-0.3, -0.25) is 4.79 Å². The Hall–Kier alpha value is -1.95. The van der Waals surface area contributed by atoms with Crippen LogP contribution in [-0.2, 0) is 24.2 Å². The summed E-state index contributed by atoms with van der Waals surface area (Å²) < 4.78 is 0. The maximum Gasteiger partial charge on any atom is 0.327 e. The van der Waals surface area contributed by atoms with Gasteiger partial charge in [0.1, 0.15) is 0 Å². The molecule has 94 valence electrons. The minimum Gasteiger partial charge on any atom is -0.480 e. The summed E-state index contributed by atoms with van der Waals surface area (Å²) in [7, 11) is 0. The van der Waals surface area contributed by atoms with E-state index >= 15 is 0 Å². The van der Waals surface area contributed by atoms with E-state index in [1.54, 1.807) is 0 Å². The van der Waals surface area contributed by atoms with Gasteiger partial charge in [-0.1, -0.05) is 29.8 Å². The standard InChI is InChI=1S/C11H11ClN4O2/c12-9-4-2-1-3-8(9)5-6-10-13-15-16(14-10)7-11(17)18/h1-4H,5-7H2,(H,17,18). The molecule has 1 N–H and O–H groups in total. The van der Waals surface area contributed by atoms with Gasteiger partial charge in [0.05, 0.1) is 0 Å². The lowest BCUT2D eigenvalue weighted by Crippen LogP contribution is -2.11. The van der Waals surface area contributed by atoms with Crippen LogP contribution in [0.5, 0.6) is 0 Å². The highest BCUT2D eigenvalue weighted by Crippen LogP contribution is 2.16. The van der Waals surface area contributed by atoms with E-state index in [0.29, 0.717) is 23.7 Å². The molecule has 0 bridgehead atoms. The molecule has 7 heteroatoms. The summed E-state index contributed by atoms with van der Waals surface area (Å²) in [6.07, 6.45) is 1.27. The molecule has 0 amide bonds. The van der Waals surface area contributed by atoms with E-state index in [1.807, 2.05) is 24.3 Å². The van der Waals surface area contributed by atoms with Crippen LogP contribution in [0.2, 0.25) is 5.02 Å². The van der Waals surface area contributed by atoms with Gasteiger partial charge < -0.3 is 5.11 Å². The van der Waals surface area contributed by atoms with Gasteiger partial charge in [-0.2, -0.15) is 4.80 Å². The number of rotatable bonds is 5. The van der Waals surface area contributed by atoms with Crippen LogP contribution < -0.4 is 0 Å². The second kappa shape index (κ2) is 5.59. The molecule has 0 saturated carbocycles. The summed E-state index contributed by atoms with van der Waals surface area (Å²) in [5.74, 6) is -0.485. The number of aromatic nitrogens is 4. The van der Waals surface area contributed by atoms with Crippen molar-refractivity contribution in [3.05, 3.63) is 40.7 Å². The van der Waals surface area contributed by atoms with Crippen molar-refractivity contribution < 1.29 is 9.90 Å². The van der Waals surface area contributed by atoms with Gasteiger partial charge in [-0.25, -0.2) is 0 Å². The zero-order chi connectivity index (χ0) is 13.0. The number of tetrazole rings is 1. The molecule has 0 aliphatic heterocycles. The number of hydrogen-bond donors (Lipinski definition) is 1. The first kappa shape index (κ1) is 12.5. The third-order valence-corrected chi connectivity index (χ3v) is 2.72. The molecule has 2 aromatic rings. The second-order valence-electron chi connectivity index (χ2n) is 3.72. The highest BCUT2D eigenvalue weighted by molar-refractivity contribution is 6.31. The number of carboxylic acid groups (broad SMARTS) is 1. The lowest BCUT2D eigenvalue weighted by Gasteiger charge is -2.00. The molecule has 0 aliphatic rings. The van der Waals surface area contributed by atoms with E-state index in [0.717, 1.165) is 10.4 Å². The number of carbonyl (C=O) groups is 1. The predicted molar refractivity (Wildman–Crippen MR) is 64.3 cm³/mol. The largest absolute Gasteiger partial charge is 0.480 e. The topological polar surface area (TPSA) is 80.9 Å². The van der Waals surface area contributed by atoms with Crippen LogP contribution in [0.15, 0.2) is 24.3 Å². The summed E-state index contributed by atoms with van der Waals surface area (Å²) in [6.45, 7) is -0.279. The Labute approximate surface area is 108 Å². The minimum atomic E-state index is -0.995. The smallest absolute Gasteiger partial charge is 0.327 e. The molecule has 0 fully saturated rings. The highest BCUT2D eigenvalue weighted by atomic mass is 35.5. The molecule has 1 aromatic heterocycles. The van der Waals surface area contributed by atoms with Crippen molar-refractivity contribution in [3.8, 4) is 0 Å². The Bertz CT molecular complexity index is 555. The fourth-order valence-corrected chi connectivity index (χ4v) is 1.74. The second-order valence-corrected chi connectivity index (χ2v) is 4.13. The molecule has 0 saturated heterocycles. The number of benzene rings is 1. The molecule has 18 heavy (non-hydrogen) atoms. The van der Waals surface area contributed by atoms with E-state index in [4.69, 9.17) is 16.7 Å². The van der Waals surface area contributed by atoms with E-state index in [2.05, 4.69) is 15.4 Å². The first-order valence-corrected chi connectivity index (χ1v) is 5.75. The maximum absolute atomic E-state index is 10.5. The molecule has 0 unspecified atom stereocenters. The maximum atomic E-state index is 10.5. The van der Waals surface area contributed by atoms with E-state index in [-0.39, 0.29) is 6.54 Å². The minimum absolute atomic E-state index is 0.279. The summed E-state index contributed by atoms with van der Waals surface area (Å²) >= 11 is 6.03. The van der Waals surface area contributed by atoms with Gasteiger partial charge >= 0.3 is 5.97 Å². The number of carboxylic acids is 1. The Kier molecular flexibility index (Phi) is 3.88. The third-order valence-electron chi connectivity index (χ3n) is 2.35. The van der Waals surface area contributed by atoms with Crippen LogP contribution in [0.1, 0.15) is 11.4 Å².